The zero-order valence-electron chi connectivity index (χ0n) is 19.5. The molecule has 0 amide bonds. The van der Waals surface area contributed by atoms with E-state index in [1.807, 2.05) is 53.6 Å². The van der Waals surface area contributed by atoms with Gasteiger partial charge in [-0.15, -0.1) is 0 Å². The van der Waals surface area contributed by atoms with E-state index in [0.29, 0.717) is 37.5 Å². The normalized spacial score (nSPS) is 17.8. The van der Waals surface area contributed by atoms with E-state index in [1.54, 1.807) is 18.1 Å². The first kappa shape index (κ1) is 25.6. The van der Waals surface area contributed by atoms with E-state index in [1.165, 1.54) is 0 Å². The largest absolute Gasteiger partial charge is 0.297 e. The average molecular weight is 509 g/mol. The molecule has 1 aromatic carbocycles. The lowest BCUT2D eigenvalue weighted by atomic mass is 10.1. The van der Waals surface area contributed by atoms with Crippen molar-refractivity contribution in [1.29, 1.82) is 0 Å². The fourth-order valence-electron chi connectivity index (χ4n) is 4.13. The monoisotopic (exact) mass is 508 g/mol. The predicted octanol–water partition coefficient (Wildman–Crippen LogP) is 5.13. The minimum atomic E-state index is -2.61. The predicted molar refractivity (Wildman–Crippen MR) is 132 cm³/mol. The summed E-state index contributed by atoms with van der Waals surface area (Å²) in [6.07, 6.45) is 1.71. The molecule has 0 radical (unpaired) electrons. The van der Waals surface area contributed by atoms with Crippen molar-refractivity contribution < 1.29 is 17.6 Å². The number of nitrogens with zero attached hydrogens (tertiary/aromatic N) is 6. The highest BCUT2D eigenvalue weighted by atomic mass is 32.2. The van der Waals surface area contributed by atoms with Gasteiger partial charge < -0.3 is 0 Å². The van der Waals surface area contributed by atoms with Crippen LogP contribution in [0.15, 0.2) is 58.9 Å². The molecule has 6 nitrogen and oxygen atoms in total. The third-order valence-corrected chi connectivity index (χ3v) is 6.78. The molecule has 1 fully saturated rings. The molecule has 11 heteroatoms. The molecule has 4 rings (SSSR count). The number of rotatable bonds is 11. The van der Waals surface area contributed by atoms with E-state index < -0.39 is 12.3 Å². The highest BCUT2D eigenvalue weighted by Crippen LogP contribution is 2.28. The van der Waals surface area contributed by atoms with Crippen molar-refractivity contribution >= 4 is 29.1 Å². The van der Waals surface area contributed by atoms with Gasteiger partial charge >= 0.3 is 0 Å². The molecule has 2 aliphatic rings. The first-order chi connectivity index (χ1) is 16.8. The van der Waals surface area contributed by atoms with E-state index in [0.717, 1.165) is 17.8 Å². The number of hydrazine groups is 1. The minimum absolute atomic E-state index is 0.0258. The summed E-state index contributed by atoms with van der Waals surface area (Å²) in [5.74, 6) is -2.58. The van der Waals surface area contributed by atoms with Gasteiger partial charge in [-0.25, -0.2) is 17.6 Å². The van der Waals surface area contributed by atoms with Crippen LogP contribution in [-0.2, 0) is 6.54 Å². The van der Waals surface area contributed by atoms with Gasteiger partial charge in [0.2, 0.25) is 0 Å². The second-order valence-corrected chi connectivity index (χ2v) is 9.33. The fourth-order valence-corrected chi connectivity index (χ4v) is 4.79. The van der Waals surface area contributed by atoms with Gasteiger partial charge in [0.25, 0.3) is 12.3 Å². The Bertz CT molecular complexity index is 1030. The SMILES string of the molecule is CSN(CCCN1CCC(F)(F)C1)N(Cc1ccc(C2=NN=C(C(F)F)C2)cn1)c1ccccc1. The Hall–Kier alpha value is -2.50. The summed E-state index contributed by atoms with van der Waals surface area (Å²) >= 11 is 1.56. The van der Waals surface area contributed by atoms with Crippen molar-refractivity contribution in [3.8, 4) is 0 Å². The molecule has 1 saturated heterocycles. The maximum absolute atomic E-state index is 13.5. The van der Waals surface area contributed by atoms with Crippen LogP contribution < -0.4 is 5.01 Å². The number of aromatic nitrogens is 1. The van der Waals surface area contributed by atoms with Crippen LogP contribution in [0, 0.1) is 0 Å². The number of likely N-dealkylation sites (tertiary alicyclic amines) is 1. The number of hydrogen-bond donors (Lipinski definition) is 0. The summed E-state index contributed by atoms with van der Waals surface area (Å²) in [5.41, 5.74) is 2.70. The molecular weight excluding hydrogens is 480 g/mol. The first-order valence-corrected chi connectivity index (χ1v) is 12.6. The van der Waals surface area contributed by atoms with Gasteiger partial charge in [0, 0.05) is 37.7 Å². The molecule has 3 heterocycles. The molecule has 35 heavy (non-hydrogen) atoms. The number of alkyl halides is 4. The Morgan fingerprint density at radius 1 is 1.11 bits per heavy atom. The Labute approximate surface area is 206 Å². The summed E-state index contributed by atoms with van der Waals surface area (Å²) in [4.78, 5) is 6.37. The Kier molecular flexibility index (Phi) is 8.40. The summed E-state index contributed by atoms with van der Waals surface area (Å²) in [7, 11) is 0. The maximum Gasteiger partial charge on any atom is 0.278 e. The minimum Gasteiger partial charge on any atom is -0.297 e. The number of hydrogen-bond acceptors (Lipinski definition) is 7. The molecule has 0 saturated carbocycles. The quantitative estimate of drug-likeness (QED) is 0.239. The zero-order chi connectivity index (χ0) is 24.8. The molecule has 0 bridgehead atoms. The van der Waals surface area contributed by atoms with Gasteiger partial charge in [0.1, 0.15) is 5.71 Å². The van der Waals surface area contributed by atoms with Crippen molar-refractivity contribution in [2.45, 2.75) is 38.2 Å². The van der Waals surface area contributed by atoms with Crippen LogP contribution in [-0.4, -0.2) is 70.5 Å². The molecule has 0 atom stereocenters. The summed E-state index contributed by atoms with van der Waals surface area (Å²) in [5, 5.41) is 9.55. The average Bonchev–Trinajstić information content (AvgIpc) is 3.48. The molecule has 0 spiro atoms. The van der Waals surface area contributed by atoms with Crippen molar-refractivity contribution in [1.82, 2.24) is 14.3 Å². The third kappa shape index (κ3) is 6.80. The van der Waals surface area contributed by atoms with Crippen molar-refractivity contribution in [2.75, 3.05) is 37.4 Å². The smallest absolute Gasteiger partial charge is 0.278 e. The molecule has 188 valence electrons. The first-order valence-electron chi connectivity index (χ1n) is 11.5. The fraction of sp³-hybridized carbons (Fsp3) is 0.458. The zero-order valence-corrected chi connectivity index (χ0v) is 20.3. The molecule has 0 unspecified atom stereocenters. The molecule has 2 aliphatic heterocycles. The van der Waals surface area contributed by atoms with Crippen molar-refractivity contribution in [3.05, 3.63) is 59.9 Å². The summed E-state index contributed by atoms with van der Waals surface area (Å²) in [6, 6.07) is 13.6. The molecule has 2 aromatic rings. The van der Waals surface area contributed by atoms with Gasteiger partial charge in [-0.3, -0.25) is 14.9 Å². The number of anilines is 1. The van der Waals surface area contributed by atoms with Gasteiger partial charge in [-0.1, -0.05) is 30.1 Å². The topological polar surface area (TPSA) is 47.3 Å². The summed E-state index contributed by atoms with van der Waals surface area (Å²) in [6.45, 7) is 2.05. The Balaban J connectivity index is 1.41. The molecule has 1 aromatic heterocycles. The van der Waals surface area contributed by atoms with E-state index in [2.05, 4.69) is 24.6 Å². The number of pyridine rings is 1. The van der Waals surface area contributed by atoms with Crippen molar-refractivity contribution in [2.24, 2.45) is 10.2 Å². The maximum atomic E-state index is 13.5. The lowest BCUT2D eigenvalue weighted by Gasteiger charge is -2.35. The van der Waals surface area contributed by atoms with Crippen LogP contribution in [0.3, 0.4) is 0 Å². The number of para-hydroxylation sites is 1. The molecule has 0 aliphatic carbocycles. The van der Waals surface area contributed by atoms with Crippen LogP contribution in [0.4, 0.5) is 23.2 Å². The van der Waals surface area contributed by atoms with E-state index in [4.69, 9.17) is 0 Å². The summed E-state index contributed by atoms with van der Waals surface area (Å²) < 4.78 is 54.8. The van der Waals surface area contributed by atoms with E-state index in [9.17, 15) is 17.6 Å². The van der Waals surface area contributed by atoms with Crippen LogP contribution in [0.1, 0.15) is 30.5 Å². The Morgan fingerprint density at radius 2 is 1.91 bits per heavy atom. The van der Waals surface area contributed by atoms with E-state index in [-0.39, 0.29) is 25.1 Å². The van der Waals surface area contributed by atoms with Gasteiger partial charge in [0.15, 0.2) is 0 Å². The van der Waals surface area contributed by atoms with Gasteiger partial charge in [-0.2, -0.15) is 14.6 Å². The molecule has 0 N–H and O–H groups in total. The third-order valence-electron chi connectivity index (χ3n) is 5.98. The van der Waals surface area contributed by atoms with Crippen LogP contribution in [0.2, 0.25) is 0 Å². The van der Waals surface area contributed by atoms with Gasteiger partial charge in [-0.05, 0) is 43.5 Å². The van der Waals surface area contributed by atoms with Crippen molar-refractivity contribution in [3.63, 3.8) is 0 Å². The Morgan fingerprint density at radius 3 is 2.51 bits per heavy atom. The van der Waals surface area contributed by atoms with Gasteiger partial charge in [0.05, 0.1) is 30.2 Å². The second kappa shape index (κ2) is 11.5. The lowest BCUT2D eigenvalue weighted by molar-refractivity contribution is 0.0121. The number of halogens is 4. The highest BCUT2D eigenvalue weighted by molar-refractivity contribution is 7.96. The highest BCUT2D eigenvalue weighted by Gasteiger charge is 2.37. The van der Waals surface area contributed by atoms with Crippen LogP contribution >= 0.6 is 11.9 Å². The second-order valence-electron chi connectivity index (χ2n) is 8.54. The van der Waals surface area contributed by atoms with Crippen LogP contribution in [0.5, 0.6) is 0 Å². The standard InChI is InChI=1S/C24H28F4N6S/c1-35-34(12-5-11-32-13-10-24(27,28)17-32)33(20-6-3-2-4-7-20)16-19-9-8-18(15-29-19)21-14-22(23(25)26)31-30-21/h2-4,6-9,15,23H,5,10-14,16-17H2,1H3. The lowest BCUT2D eigenvalue weighted by Crippen LogP contribution is -2.39. The number of benzene rings is 1. The van der Waals surface area contributed by atoms with Crippen LogP contribution in [0.25, 0.3) is 0 Å². The molecular formula is C24H28F4N6S. The van der Waals surface area contributed by atoms with E-state index >= 15 is 0 Å².